The molecule has 0 bridgehead atoms. The molecular formula is C12H15N5O. The van der Waals surface area contributed by atoms with E-state index in [1.54, 1.807) is 24.9 Å². The molecule has 1 amide bonds. The van der Waals surface area contributed by atoms with Crippen LogP contribution in [0.15, 0.2) is 6.07 Å². The molecule has 1 aromatic rings. The van der Waals surface area contributed by atoms with Gasteiger partial charge in [0.25, 0.3) is 0 Å². The topological polar surface area (TPSA) is 81.9 Å². The van der Waals surface area contributed by atoms with Gasteiger partial charge in [0.05, 0.1) is 6.54 Å². The first-order valence-electron chi connectivity index (χ1n) is 5.85. The fourth-order valence-corrected chi connectivity index (χ4v) is 1.57. The number of likely N-dealkylation sites (N-methyl/N-ethyl adjacent to an activating group) is 1. The van der Waals surface area contributed by atoms with Gasteiger partial charge in [-0.1, -0.05) is 0 Å². The Labute approximate surface area is 106 Å². The normalized spacial score (nSPS) is 13.8. The number of amides is 1. The minimum absolute atomic E-state index is 0.0383. The number of hydrogen-bond acceptors (Lipinski definition) is 5. The predicted octanol–water partition coefficient (Wildman–Crippen LogP) is 0.371. The van der Waals surface area contributed by atoms with Crippen LogP contribution in [0.25, 0.3) is 0 Å². The first-order valence-corrected chi connectivity index (χ1v) is 5.85. The van der Waals surface area contributed by atoms with E-state index in [9.17, 15) is 4.79 Å². The molecule has 1 fully saturated rings. The molecule has 1 aliphatic rings. The molecular weight excluding hydrogens is 230 g/mol. The molecule has 0 atom stereocenters. The van der Waals surface area contributed by atoms with Crippen molar-refractivity contribution in [2.75, 3.05) is 18.5 Å². The van der Waals surface area contributed by atoms with Crippen molar-refractivity contribution in [3.63, 3.8) is 0 Å². The quantitative estimate of drug-likeness (QED) is 0.828. The Morgan fingerprint density at radius 3 is 2.94 bits per heavy atom. The number of carbonyl (C=O) groups is 1. The number of rotatable bonds is 4. The van der Waals surface area contributed by atoms with E-state index in [4.69, 9.17) is 5.26 Å². The molecule has 94 valence electrons. The molecule has 1 heterocycles. The third kappa shape index (κ3) is 3.17. The summed E-state index contributed by atoms with van der Waals surface area (Å²) in [5.41, 5.74) is 1.03. The van der Waals surface area contributed by atoms with Crippen molar-refractivity contribution in [2.45, 2.75) is 25.8 Å². The van der Waals surface area contributed by atoms with E-state index < -0.39 is 0 Å². The number of anilines is 1. The van der Waals surface area contributed by atoms with Crippen LogP contribution in [0.4, 0.5) is 5.95 Å². The number of carbonyl (C=O) groups excluding carboxylic acids is 1. The zero-order valence-electron chi connectivity index (χ0n) is 10.5. The van der Waals surface area contributed by atoms with Gasteiger partial charge in [0.15, 0.2) is 0 Å². The summed E-state index contributed by atoms with van der Waals surface area (Å²) < 4.78 is 0. The smallest absolute Gasteiger partial charge is 0.239 e. The maximum Gasteiger partial charge on any atom is 0.239 e. The van der Waals surface area contributed by atoms with Gasteiger partial charge in [-0.15, -0.1) is 0 Å². The van der Waals surface area contributed by atoms with Crippen molar-refractivity contribution >= 4 is 11.9 Å². The monoisotopic (exact) mass is 245 g/mol. The highest BCUT2D eigenvalue weighted by molar-refractivity contribution is 5.81. The Morgan fingerprint density at radius 2 is 2.33 bits per heavy atom. The van der Waals surface area contributed by atoms with E-state index in [0.717, 1.165) is 12.8 Å². The van der Waals surface area contributed by atoms with Crippen LogP contribution in [0.1, 0.15) is 24.2 Å². The summed E-state index contributed by atoms with van der Waals surface area (Å²) >= 11 is 0. The first kappa shape index (κ1) is 12.3. The molecule has 2 rings (SSSR count). The van der Waals surface area contributed by atoms with E-state index in [-0.39, 0.29) is 12.5 Å². The molecule has 1 aliphatic carbocycles. The average molecular weight is 245 g/mol. The van der Waals surface area contributed by atoms with Gasteiger partial charge < -0.3 is 10.2 Å². The second-order valence-corrected chi connectivity index (χ2v) is 4.50. The number of aryl methyl sites for hydroxylation is 1. The third-order valence-electron chi connectivity index (χ3n) is 2.62. The fraction of sp³-hybridized carbons (Fsp3) is 0.500. The standard InChI is InChI=1S/C12H15N5O/c1-8-5-10(6-13)16-12(14-8)17(2)7-11(18)15-9-3-4-9/h5,9H,3-4,7H2,1-2H3,(H,15,18). The molecule has 1 saturated carbocycles. The molecule has 1 N–H and O–H groups in total. The van der Waals surface area contributed by atoms with Gasteiger partial charge in [0.2, 0.25) is 11.9 Å². The highest BCUT2D eigenvalue weighted by Crippen LogP contribution is 2.18. The van der Waals surface area contributed by atoms with Crippen molar-refractivity contribution in [1.82, 2.24) is 15.3 Å². The summed E-state index contributed by atoms with van der Waals surface area (Å²) in [6.45, 7) is 1.99. The molecule has 0 radical (unpaired) electrons. The van der Waals surface area contributed by atoms with Crippen LogP contribution in [-0.4, -0.2) is 35.5 Å². The lowest BCUT2D eigenvalue weighted by Crippen LogP contribution is -2.37. The van der Waals surface area contributed by atoms with Crippen molar-refractivity contribution in [2.24, 2.45) is 0 Å². The highest BCUT2D eigenvalue weighted by Gasteiger charge is 2.23. The third-order valence-corrected chi connectivity index (χ3v) is 2.62. The number of aromatic nitrogens is 2. The summed E-state index contributed by atoms with van der Waals surface area (Å²) in [7, 11) is 1.74. The summed E-state index contributed by atoms with van der Waals surface area (Å²) in [6, 6.07) is 3.94. The average Bonchev–Trinajstić information content (AvgIpc) is 3.11. The Kier molecular flexibility index (Phi) is 3.42. The van der Waals surface area contributed by atoms with Gasteiger partial charge in [-0.2, -0.15) is 5.26 Å². The molecule has 1 aromatic heterocycles. The van der Waals surface area contributed by atoms with Gasteiger partial charge >= 0.3 is 0 Å². The van der Waals surface area contributed by atoms with Gasteiger partial charge in [-0.25, -0.2) is 9.97 Å². The lowest BCUT2D eigenvalue weighted by Gasteiger charge is -2.16. The maximum absolute atomic E-state index is 11.6. The Hall–Kier alpha value is -2.16. The SMILES string of the molecule is Cc1cc(C#N)nc(N(C)CC(=O)NC2CC2)n1. The second kappa shape index (κ2) is 5.00. The Morgan fingerprint density at radius 1 is 1.61 bits per heavy atom. The van der Waals surface area contributed by atoms with Gasteiger partial charge in [0, 0.05) is 18.8 Å². The molecule has 0 aromatic carbocycles. The number of hydrogen-bond donors (Lipinski definition) is 1. The summed E-state index contributed by atoms with van der Waals surface area (Å²) in [5, 5.41) is 11.7. The van der Waals surface area contributed by atoms with Crippen molar-refractivity contribution in [1.29, 1.82) is 5.26 Å². The summed E-state index contributed by atoms with van der Waals surface area (Å²) in [5.74, 6) is 0.362. The van der Waals surface area contributed by atoms with Crippen LogP contribution >= 0.6 is 0 Å². The van der Waals surface area contributed by atoms with Gasteiger partial charge in [-0.3, -0.25) is 4.79 Å². The summed E-state index contributed by atoms with van der Waals surface area (Å²) in [4.78, 5) is 21.6. The zero-order chi connectivity index (χ0) is 13.1. The maximum atomic E-state index is 11.6. The molecule has 0 aliphatic heterocycles. The molecule has 0 unspecified atom stereocenters. The second-order valence-electron chi connectivity index (χ2n) is 4.50. The van der Waals surface area contributed by atoms with E-state index in [0.29, 0.717) is 23.4 Å². The largest absolute Gasteiger partial charge is 0.352 e. The van der Waals surface area contributed by atoms with Crippen LogP contribution < -0.4 is 10.2 Å². The van der Waals surface area contributed by atoms with Gasteiger partial charge in [-0.05, 0) is 25.8 Å². The van der Waals surface area contributed by atoms with E-state index >= 15 is 0 Å². The van der Waals surface area contributed by atoms with Crippen LogP contribution in [0, 0.1) is 18.3 Å². The minimum Gasteiger partial charge on any atom is -0.352 e. The number of nitrogens with one attached hydrogen (secondary N) is 1. The molecule has 0 spiro atoms. The molecule has 18 heavy (non-hydrogen) atoms. The van der Waals surface area contributed by atoms with E-state index in [2.05, 4.69) is 15.3 Å². The van der Waals surface area contributed by atoms with Gasteiger partial charge in [0.1, 0.15) is 11.8 Å². The summed E-state index contributed by atoms with van der Waals surface area (Å²) in [6.07, 6.45) is 2.13. The van der Waals surface area contributed by atoms with Crippen LogP contribution in [0.5, 0.6) is 0 Å². The van der Waals surface area contributed by atoms with Crippen molar-refractivity contribution < 1.29 is 4.79 Å². The number of nitrogens with zero attached hydrogens (tertiary/aromatic N) is 4. The Bertz CT molecular complexity index is 504. The number of nitriles is 1. The highest BCUT2D eigenvalue weighted by atomic mass is 16.2. The Balaban J connectivity index is 2.03. The predicted molar refractivity (Wildman–Crippen MR) is 65.9 cm³/mol. The van der Waals surface area contributed by atoms with Crippen LogP contribution in [0.3, 0.4) is 0 Å². The van der Waals surface area contributed by atoms with Crippen LogP contribution in [0.2, 0.25) is 0 Å². The van der Waals surface area contributed by atoms with Crippen molar-refractivity contribution in [3.8, 4) is 6.07 Å². The zero-order valence-corrected chi connectivity index (χ0v) is 10.5. The van der Waals surface area contributed by atoms with E-state index in [1.165, 1.54) is 0 Å². The lowest BCUT2D eigenvalue weighted by molar-refractivity contribution is -0.119. The first-order chi connectivity index (χ1) is 8.58. The molecule has 6 heteroatoms. The molecule has 6 nitrogen and oxygen atoms in total. The van der Waals surface area contributed by atoms with E-state index in [1.807, 2.05) is 6.07 Å². The van der Waals surface area contributed by atoms with Crippen LogP contribution in [-0.2, 0) is 4.79 Å². The minimum atomic E-state index is -0.0383. The lowest BCUT2D eigenvalue weighted by atomic mass is 10.3. The fourth-order valence-electron chi connectivity index (χ4n) is 1.57. The molecule has 0 saturated heterocycles. The van der Waals surface area contributed by atoms with Crippen molar-refractivity contribution in [3.05, 3.63) is 17.5 Å².